The van der Waals surface area contributed by atoms with Crippen LogP contribution < -0.4 is 20.4 Å². The van der Waals surface area contributed by atoms with Gasteiger partial charge in [0.05, 0.1) is 30.0 Å². The van der Waals surface area contributed by atoms with Gasteiger partial charge in [0, 0.05) is 16.0 Å². The fourth-order valence-corrected chi connectivity index (χ4v) is 4.92. The topological polar surface area (TPSA) is 119 Å². The molecule has 1 atom stereocenters. The molecule has 198 valence electrons. The van der Waals surface area contributed by atoms with Crippen molar-refractivity contribution in [2.45, 2.75) is 40.3 Å². The number of benzene rings is 2. The Kier molecular flexibility index (Phi) is 7.54. The van der Waals surface area contributed by atoms with E-state index in [4.69, 9.17) is 0 Å². The van der Waals surface area contributed by atoms with E-state index in [1.807, 2.05) is 63.4 Å². The van der Waals surface area contributed by atoms with Crippen molar-refractivity contribution in [2.75, 3.05) is 21.7 Å². The molecule has 10 heteroatoms. The molecule has 2 aromatic carbocycles. The lowest BCUT2D eigenvalue weighted by atomic mass is 9.94. The molecule has 4 amide bonds. The van der Waals surface area contributed by atoms with Crippen molar-refractivity contribution in [2.24, 2.45) is 5.41 Å². The van der Waals surface area contributed by atoms with Crippen molar-refractivity contribution < 1.29 is 24.3 Å². The quantitative estimate of drug-likeness (QED) is 0.432. The molecule has 4 rings (SSSR count). The van der Waals surface area contributed by atoms with Gasteiger partial charge in [0.25, 0.3) is 5.91 Å². The number of nitrogens with one attached hydrogen (secondary N) is 2. The van der Waals surface area contributed by atoms with E-state index in [0.717, 1.165) is 10.4 Å². The van der Waals surface area contributed by atoms with Crippen LogP contribution in [0, 0.1) is 12.3 Å². The second-order valence-electron chi connectivity index (χ2n) is 10.2. The number of aryl methyl sites for hydroxylation is 1. The molecule has 3 N–H and O–H groups in total. The average Bonchev–Trinajstić information content (AvgIpc) is 3.34. The number of hydrogen-bond donors (Lipinski definition) is 3. The van der Waals surface area contributed by atoms with Crippen molar-refractivity contribution >= 4 is 52.2 Å². The highest BCUT2D eigenvalue weighted by Gasteiger charge is 2.39. The molecule has 1 aromatic heterocycles. The number of thiophene rings is 1. The zero-order valence-corrected chi connectivity index (χ0v) is 22.5. The molecule has 1 aliphatic heterocycles. The van der Waals surface area contributed by atoms with E-state index in [1.165, 1.54) is 29.5 Å². The van der Waals surface area contributed by atoms with Crippen LogP contribution >= 0.6 is 11.3 Å². The van der Waals surface area contributed by atoms with Crippen LogP contribution in [0.3, 0.4) is 0 Å². The monoisotopic (exact) mass is 534 g/mol. The molecule has 0 saturated heterocycles. The van der Waals surface area contributed by atoms with Crippen LogP contribution in [0.4, 0.5) is 21.9 Å². The largest absolute Gasteiger partial charge is 0.478 e. The molecule has 0 bridgehead atoms. The van der Waals surface area contributed by atoms with Crippen LogP contribution in [0.15, 0.2) is 60.0 Å². The Morgan fingerprint density at radius 2 is 1.82 bits per heavy atom. The molecule has 0 spiro atoms. The minimum Gasteiger partial charge on any atom is -0.478 e. The number of carbonyl (C=O) groups excluding carboxylic acids is 3. The fraction of sp³-hybridized carbons (Fsp3) is 0.286. The van der Waals surface area contributed by atoms with E-state index in [1.54, 1.807) is 15.9 Å². The summed E-state index contributed by atoms with van der Waals surface area (Å²) in [5, 5.41) is 16.5. The third kappa shape index (κ3) is 5.86. The predicted molar refractivity (Wildman–Crippen MR) is 148 cm³/mol. The molecule has 0 radical (unpaired) electrons. The minimum absolute atomic E-state index is 0.0169. The Labute approximate surface area is 225 Å². The van der Waals surface area contributed by atoms with Crippen LogP contribution in [0.2, 0.25) is 0 Å². The second kappa shape index (κ2) is 10.7. The highest BCUT2D eigenvalue weighted by atomic mass is 32.1. The molecular formula is C28H30N4O5S. The summed E-state index contributed by atoms with van der Waals surface area (Å²) in [7, 11) is 0. The molecule has 3 aromatic rings. The van der Waals surface area contributed by atoms with E-state index in [9.17, 15) is 24.3 Å². The summed E-state index contributed by atoms with van der Waals surface area (Å²) in [5.41, 5.74) is 1.67. The third-order valence-electron chi connectivity index (χ3n) is 6.10. The lowest BCUT2D eigenvalue weighted by Gasteiger charge is -2.31. The Morgan fingerprint density at radius 1 is 1.05 bits per heavy atom. The summed E-state index contributed by atoms with van der Waals surface area (Å²) in [6, 6.07) is 13.5. The Hall–Kier alpha value is -4.18. The number of aromatic carboxylic acids is 1. The zero-order valence-electron chi connectivity index (χ0n) is 21.6. The standard InChI is InChI=1S/C28H30N4O5S/c1-17-10-11-22-23(13-17)31(15-20-9-6-12-38-20)24(33)21(16-32(22)26(36)28(2,3)4)30-27(37)29-19-8-5-7-18(14-19)25(34)35/h5-14,21H,15-16H2,1-4H3,(H,34,35)(H2,29,30,37). The molecule has 38 heavy (non-hydrogen) atoms. The van der Waals surface area contributed by atoms with Gasteiger partial charge in [-0.25, -0.2) is 9.59 Å². The summed E-state index contributed by atoms with van der Waals surface area (Å²) in [6.45, 7) is 7.57. The Morgan fingerprint density at radius 3 is 2.47 bits per heavy atom. The van der Waals surface area contributed by atoms with Gasteiger partial charge in [-0.05, 0) is 54.3 Å². The number of rotatable bonds is 5. The number of nitrogens with zero attached hydrogens (tertiary/aromatic N) is 2. The molecular weight excluding hydrogens is 504 g/mol. The summed E-state index contributed by atoms with van der Waals surface area (Å²) in [5.74, 6) is -1.67. The van der Waals surface area contributed by atoms with Crippen molar-refractivity contribution in [1.29, 1.82) is 0 Å². The van der Waals surface area contributed by atoms with Crippen molar-refractivity contribution in [3.8, 4) is 0 Å². The molecule has 2 heterocycles. The number of urea groups is 1. The van der Waals surface area contributed by atoms with Crippen LogP contribution in [0.1, 0.15) is 41.6 Å². The van der Waals surface area contributed by atoms with E-state index in [2.05, 4.69) is 10.6 Å². The van der Waals surface area contributed by atoms with Gasteiger partial charge in [-0.15, -0.1) is 11.3 Å². The van der Waals surface area contributed by atoms with Crippen molar-refractivity contribution in [1.82, 2.24) is 5.32 Å². The van der Waals surface area contributed by atoms with Crippen molar-refractivity contribution in [3.63, 3.8) is 0 Å². The maximum atomic E-state index is 14.0. The zero-order chi connectivity index (χ0) is 27.6. The van der Waals surface area contributed by atoms with E-state index >= 15 is 0 Å². The molecule has 1 aliphatic rings. The normalized spacial score (nSPS) is 15.5. The Balaban J connectivity index is 1.71. The number of anilines is 3. The molecule has 0 saturated carbocycles. The van der Waals surface area contributed by atoms with Gasteiger partial charge in [0.2, 0.25) is 5.91 Å². The first-order valence-electron chi connectivity index (χ1n) is 12.1. The fourth-order valence-electron chi connectivity index (χ4n) is 4.23. The van der Waals surface area contributed by atoms with Crippen LogP contribution in [0.5, 0.6) is 0 Å². The van der Waals surface area contributed by atoms with Gasteiger partial charge in [-0.1, -0.05) is 39.0 Å². The Bertz CT molecular complexity index is 1380. The highest BCUT2D eigenvalue weighted by Crippen LogP contribution is 2.37. The van der Waals surface area contributed by atoms with Gasteiger partial charge in [-0.3, -0.25) is 9.59 Å². The summed E-state index contributed by atoms with van der Waals surface area (Å²) in [6.07, 6.45) is 0. The van der Waals surface area contributed by atoms with E-state index in [0.29, 0.717) is 11.4 Å². The smallest absolute Gasteiger partial charge is 0.335 e. The lowest BCUT2D eigenvalue weighted by Crippen LogP contribution is -2.54. The van der Waals surface area contributed by atoms with E-state index < -0.39 is 23.5 Å². The number of fused-ring (bicyclic) bond motifs is 1. The van der Waals surface area contributed by atoms with Gasteiger partial charge in [-0.2, -0.15) is 0 Å². The number of carboxylic acids is 1. The summed E-state index contributed by atoms with van der Waals surface area (Å²) in [4.78, 5) is 56.0. The maximum absolute atomic E-state index is 14.0. The predicted octanol–water partition coefficient (Wildman–Crippen LogP) is 4.87. The third-order valence-corrected chi connectivity index (χ3v) is 6.96. The number of carboxylic acid groups (broad SMARTS) is 1. The summed E-state index contributed by atoms with van der Waals surface area (Å²) >= 11 is 1.51. The number of hydrogen-bond acceptors (Lipinski definition) is 5. The number of amides is 4. The highest BCUT2D eigenvalue weighted by molar-refractivity contribution is 7.09. The molecule has 9 nitrogen and oxygen atoms in total. The SMILES string of the molecule is Cc1ccc2c(c1)N(Cc1cccs1)C(=O)C(NC(=O)Nc1cccc(C(=O)O)c1)CN2C(=O)C(C)(C)C. The van der Waals surface area contributed by atoms with Crippen LogP contribution in [-0.4, -0.2) is 41.5 Å². The summed E-state index contributed by atoms with van der Waals surface area (Å²) < 4.78 is 0. The first-order chi connectivity index (χ1) is 17.9. The molecule has 1 unspecified atom stereocenters. The van der Waals surface area contributed by atoms with Gasteiger partial charge < -0.3 is 25.5 Å². The number of carbonyl (C=O) groups is 4. The average molecular weight is 535 g/mol. The first kappa shape index (κ1) is 26.9. The minimum atomic E-state index is -1.12. The second-order valence-corrected chi connectivity index (χ2v) is 11.2. The van der Waals surface area contributed by atoms with Gasteiger partial charge >= 0.3 is 12.0 Å². The molecule has 0 fully saturated rings. The van der Waals surface area contributed by atoms with E-state index in [-0.39, 0.29) is 36.2 Å². The van der Waals surface area contributed by atoms with Crippen LogP contribution in [-0.2, 0) is 16.1 Å². The van der Waals surface area contributed by atoms with Gasteiger partial charge in [0.15, 0.2) is 0 Å². The van der Waals surface area contributed by atoms with Gasteiger partial charge in [0.1, 0.15) is 6.04 Å². The lowest BCUT2D eigenvalue weighted by molar-refractivity contribution is -0.126. The first-order valence-corrected chi connectivity index (χ1v) is 13.0. The maximum Gasteiger partial charge on any atom is 0.335 e. The van der Waals surface area contributed by atoms with Crippen LogP contribution in [0.25, 0.3) is 0 Å². The molecule has 0 aliphatic carbocycles. The van der Waals surface area contributed by atoms with Crippen molar-refractivity contribution in [3.05, 3.63) is 76.0 Å².